The average Bonchev–Trinajstić information content (AvgIpc) is 3.12. The Hall–Kier alpha value is -3.38. The van der Waals surface area contributed by atoms with E-state index >= 15 is 0 Å². The summed E-state index contributed by atoms with van der Waals surface area (Å²) in [6.07, 6.45) is 8.12. The van der Waals surface area contributed by atoms with Crippen molar-refractivity contribution >= 4 is 21.6 Å². The molecule has 3 aromatic rings. The molecule has 51 heavy (non-hydrogen) atoms. The molecule has 3 aromatic carbocycles. The van der Waals surface area contributed by atoms with Crippen LogP contribution in [0.5, 0.6) is 40.2 Å². The zero-order valence-corrected chi connectivity index (χ0v) is 31.0. The molecule has 6 atom stereocenters. The van der Waals surface area contributed by atoms with Gasteiger partial charge in [-0.25, -0.2) is 0 Å². The predicted octanol–water partition coefficient (Wildman–Crippen LogP) is 8.00. The Morgan fingerprint density at radius 2 is 1.80 bits per heavy atom. The molecule has 7 rings (SSSR count). The number of fused-ring (bicyclic) bond motifs is 6. The van der Waals surface area contributed by atoms with Crippen molar-refractivity contribution in [3.8, 4) is 51.4 Å². The van der Waals surface area contributed by atoms with Crippen LogP contribution in [0.25, 0.3) is 11.1 Å². The maximum absolute atomic E-state index is 12.4. The van der Waals surface area contributed by atoms with Crippen molar-refractivity contribution in [1.29, 1.82) is 0 Å². The number of phenolic OH excluding ortho intramolecular Hbond substituents is 3. The first-order valence-corrected chi connectivity index (χ1v) is 20.4. The molecule has 0 amide bonds. The van der Waals surface area contributed by atoms with Crippen LogP contribution in [0.3, 0.4) is 0 Å². The second kappa shape index (κ2) is 15.3. The molecular weight excluding hydrogens is 689 g/mol. The Balaban J connectivity index is 1.39. The van der Waals surface area contributed by atoms with Gasteiger partial charge in [0, 0.05) is 39.7 Å². The van der Waals surface area contributed by atoms with Crippen molar-refractivity contribution in [2.24, 2.45) is 11.8 Å². The fourth-order valence-electron chi connectivity index (χ4n) is 8.16. The summed E-state index contributed by atoms with van der Waals surface area (Å²) in [4.78, 5) is 0. The smallest absolute Gasteiger partial charge is 0.207 e. The number of methoxy groups -OCH3 is 1. The second-order valence-electron chi connectivity index (χ2n) is 14.5. The number of aromatic hydroxyl groups is 3. The first-order valence-electron chi connectivity index (χ1n) is 18.0. The number of allylic oxidation sites excluding steroid dienone is 1. The largest absolute Gasteiger partial charge is 0.508 e. The third-order valence-corrected chi connectivity index (χ3v) is 13.5. The van der Waals surface area contributed by atoms with Crippen LogP contribution in [-0.2, 0) is 6.42 Å². The van der Waals surface area contributed by atoms with E-state index in [1.165, 1.54) is 7.11 Å². The third-order valence-electron chi connectivity index (χ3n) is 10.7. The van der Waals surface area contributed by atoms with E-state index in [4.69, 9.17) is 18.9 Å². The number of hydrogen-bond donors (Lipinski definition) is 5. The molecule has 0 saturated heterocycles. The maximum atomic E-state index is 12.4. The number of benzene rings is 3. The average molecular weight is 737 g/mol. The molecule has 0 radical (unpaired) electrons. The molecule has 11 heteroatoms. The summed E-state index contributed by atoms with van der Waals surface area (Å²) in [5, 5.41) is 55.7. The number of ether oxygens (including phenoxy) is 4. The Morgan fingerprint density at radius 1 is 0.980 bits per heavy atom. The maximum Gasteiger partial charge on any atom is 0.207 e. The van der Waals surface area contributed by atoms with Crippen LogP contribution in [0.1, 0.15) is 86.1 Å². The predicted molar refractivity (Wildman–Crippen MR) is 201 cm³/mol. The van der Waals surface area contributed by atoms with Crippen LogP contribution >= 0.6 is 21.6 Å². The summed E-state index contributed by atoms with van der Waals surface area (Å²) < 4.78 is 24.4. The van der Waals surface area contributed by atoms with Crippen LogP contribution in [0.4, 0.5) is 0 Å². The zero-order valence-electron chi connectivity index (χ0n) is 29.3. The normalized spacial score (nSPS) is 25.1. The van der Waals surface area contributed by atoms with Crippen molar-refractivity contribution < 1.29 is 44.5 Å². The fraction of sp³-hybridized carbons (Fsp3) is 0.500. The molecule has 0 aromatic heterocycles. The highest BCUT2D eigenvalue weighted by atomic mass is 33.1. The highest BCUT2D eigenvalue weighted by molar-refractivity contribution is 8.77. The highest BCUT2D eigenvalue weighted by Gasteiger charge is 2.45. The molecule has 5 N–H and O–H groups in total. The van der Waals surface area contributed by atoms with Crippen molar-refractivity contribution in [3.05, 3.63) is 64.7 Å². The lowest BCUT2D eigenvalue weighted by atomic mass is 9.71. The van der Waals surface area contributed by atoms with Gasteiger partial charge in [0.1, 0.15) is 30.0 Å². The summed E-state index contributed by atoms with van der Waals surface area (Å²) in [7, 11) is 4.95. The molecule has 4 aliphatic rings. The summed E-state index contributed by atoms with van der Waals surface area (Å²) in [6.45, 7) is 4.42. The Kier molecular flexibility index (Phi) is 10.8. The number of aliphatic hydroxyl groups is 2. The summed E-state index contributed by atoms with van der Waals surface area (Å²) in [5.74, 6) is 1.93. The second-order valence-corrected chi connectivity index (χ2v) is 17.2. The van der Waals surface area contributed by atoms with E-state index in [0.29, 0.717) is 47.4 Å². The van der Waals surface area contributed by atoms with Gasteiger partial charge in [-0.3, -0.25) is 0 Å². The first-order chi connectivity index (χ1) is 24.7. The van der Waals surface area contributed by atoms with E-state index in [1.54, 1.807) is 22.9 Å². The quantitative estimate of drug-likeness (QED) is 0.108. The van der Waals surface area contributed by atoms with Gasteiger partial charge < -0.3 is 44.5 Å². The SMILES string of the molecule is COc1c(O)c(OCCC(C)C)cc([C@H]2Oc3cc(OCCO)c4c5c3[C@@H](CSS[C@H]3C=CC[C@H](CC[C@@H](C5)c5cc(O)ccc5-4)C3)[C@H]2O)c1O. The molecule has 0 spiro atoms. The molecule has 0 fully saturated rings. The minimum atomic E-state index is -1.08. The topological polar surface area (TPSA) is 138 Å². The van der Waals surface area contributed by atoms with Gasteiger partial charge >= 0.3 is 0 Å². The molecule has 2 heterocycles. The van der Waals surface area contributed by atoms with E-state index in [1.807, 2.05) is 29.0 Å². The first kappa shape index (κ1) is 36.0. The van der Waals surface area contributed by atoms with Gasteiger partial charge in [-0.05, 0) is 91.2 Å². The molecular formula is C40H48O9S2. The van der Waals surface area contributed by atoms with Gasteiger partial charge in [-0.1, -0.05) is 53.7 Å². The van der Waals surface area contributed by atoms with Gasteiger partial charge in [-0.15, -0.1) is 0 Å². The minimum Gasteiger partial charge on any atom is -0.508 e. The molecule has 0 saturated carbocycles. The van der Waals surface area contributed by atoms with Crippen LogP contribution in [0.15, 0.2) is 42.5 Å². The van der Waals surface area contributed by atoms with E-state index in [-0.39, 0.29) is 53.4 Å². The lowest BCUT2D eigenvalue weighted by molar-refractivity contribution is 0.00290. The van der Waals surface area contributed by atoms with E-state index < -0.39 is 18.1 Å². The Labute approximate surface area is 307 Å². The number of aliphatic hydroxyl groups excluding tert-OH is 2. The fourth-order valence-corrected chi connectivity index (χ4v) is 11.1. The molecule has 2 aliphatic heterocycles. The van der Waals surface area contributed by atoms with Gasteiger partial charge in [0.2, 0.25) is 11.5 Å². The van der Waals surface area contributed by atoms with Crippen molar-refractivity contribution in [3.63, 3.8) is 0 Å². The van der Waals surface area contributed by atoms with Crippen LogP contribution < -0.4 is 18.9 Å². The summed E-state index contributed by atoms with van der Waals surface area (Å²) in [6, 6.07) is 8.92. The minimum absolute atomic E-state index is 0.0765. The molecule has 274 valence electrons. The molecule has 0 unspecified atom stereocenters. The van der Waals surface area contributed by atoms with E-state index in [0.717, 1.165) is 59.9 Å². The van der Waals surface area contributed by atoms with Gasteiger partial charge in [0.25, 0.3) is 0 Å². The monoisotopic (exact) mass is 736 g/mol. The van der Waals surface area contributed by atoms with Crippen LogP contribution in [0.2, 0.25) is 0 Å². The van der Waals surface area contributed by atoms with Crippen molar-refractivity contribution in [1.82, 2.24) is 0 Å². The van der Waals surface area contributed by atoms with Gasteiger partial charge in [-0.2, -0.15) is 0 Å². The summed E-state index contributed by atoms with van der Waals surface area (Å²) >= 11 is 0. The van der Waals surface area contributed by atoms with Gasteiger partial charge in [0.15, 0.2) is 17.6 Å². The van der Waals surface area contributed by atoms with Crippen molar-refractivity contribution in [2.75, 3.05) is 32.7 Å². The van der Waals surface area contributed by atoms with Crippen LogP contribution in [-0.4, -0.2) is 69.6 Å². The Morgan fingerprint density at radius 3 is 2.59 bits per heavy atom. The van der Waals surface area contributed by atoms with E-state index in [2.05, 4.69) is 26.0 Å². The van der Waals surface area contributed by atoms with E-state index in [9.17, 15) is 25.5 Å². The molecule has 4 bridgehead atoms. The third kappa shape index (κ3) is 7.06. The van der Waals surface area contributed by atoms with Crippen molar-refractivity contribution in [2.45, 2.75) is 81.7 Å². The lowest BCUT2D eigenvalue weighted by Crippen LogP contribution is -2.37. The summed E-state index contributed by atoms with van der Waals surface area (Å²) in [5.41, 5.74) is 5.16. The number of rotatable bonds is 9. The molecule has 9 nitrogen and oxygen atoms in total. The number of phenols is 3. The lowest BCUT2D eigenvalue weighted by Gasteiger charge is -2.41. The standard InChI is InChI=1S/C40H48O9S2/c1-21(2)11-13-47-33-18-29(36(43)40(46-3)38(33)45)39-37(44)30-20-50-51-25-6-4-5-22(15-25)7-8-23-16-28-34(26-10-9-24(42)17-27(23)26)31(48-14-12-41)19-32(49-39)35(28)30/h4,6,9-10,17-19,21-23,25,30,37,39,41-45H,5,7-8,11-16,20H2,1-3H3/t22-,23+,25+,30-,37-,39-/m1/s1. The highest BCUT2D eigenvalue weighted by Crippen LogP contribution is 2.58. The van der Waals surface area contributed by atoms with Gasteiger partial charge in [0.05, 0.1) is 20.3 Å². The Bertz CT molecular complexity index is 1780. The number of hydrogen-bond acceptors (Lipinski definition) is 11. The van der Waals surface area contributed by atoms with Crippen LogP contribution in [0, 0.1) is 11.8 Å². The zero-order chi connectivity index (χ0) is 35.8. The molecule has 2 aliphatic carbocycles.